The van der Waals surface area contributed by atoms with Crippen molar-refractivity contribution in [1.29, 1.82) is 0 Å². The van der Waals surface area contributed by atoms with Crippen LogP contribution in [0.25, 0.3) is 11.3 Å². The highest BCUT2D eigenvalue weighted by molar-refractivity contribution is 8.00. The third kappa shape index (κ3) is 2.31. The molecule has 4 rings (SSSR count). The second kappa shape index (κ2) is 5.13. The average Bonchev–Trinajstić information content (AvgIpc) is 2.97. The van der Waals surface area contributed by atoms with Crippen molar-refractivity contribution in [3.63, 3.8) is 0 Å². The van der Waals surface area contributed by atoms with Crippen LogP contribution in [-0.2, 0) is 0 Å². The van der Waals surface area contributed by atoms with Crippen LogP contribution in [0.5, 0.6) is 0 Å². The van der Waals surface area contributed by atoms with Gasteiger partial charge in [0.25, 0.3) is 0 Å². The number of nitrogens with zero attached hydrogens (tertiary/aromatic N) is 2. The Bertz CT molecular complexity index is 629. The minimum Gasteiger partial charge on any atom is -0.240 e. The monoisotopic (exact) mass is 282 g/mol. The highest BCUT2D eigenvalue weighted by atomic mass is 32.2. The van der Waals surface area contributed by atoms with Gasteiger partial charge in [-0.15, -0.1) is 0 Å². The van der Waals surface area contributed by atoms with Crippen molar-refractivity contribution in [3.05, 3.63) is 54.4 Å². The summed E-state index contributed by atoms with van der Waals surface area (Å²) in [6, 6.07) is 10.3. The Labute approximate surface area is 123 Å². The second-order valence-electron chi connectivity index (χ2n) is 5.63. The van der Waals surface area contributed by atoms with E-state index >= 15 is 0 Å². The Balaban J connectivity index is 1.64. The summed E-state index contributed by atoms with van der Waals surface area (Å²) in [5.74, 6) is 0. The van der Waals surface area contributed by atoms with Gasteiger partial charge < -0.3 is 0 Å². The van der Waals surface area contributed by atoms with E-state index in [1.165, 1.54) is 36.8 Å². The maximum absolute atomic E-state index is 4.52. The SMILES string of the molecule is C1=C(c2cnn(-c3ccccc3)c2)CC2CCCC1S2. The van der Waals surface area contributed by atoms with Crippen LogP contribution < -0.4 is 0 Å². The number of hydrogen-bond acceptors (Lipinski definition) is 2. The molecule has 0 aliphatic carbocycles. The average molecular weight is 282 g/mol. The van der Waals surface area contributed by atoms with Gasteiger partial charge in [-0.1, -0.05) is 30.7 Å². The predicted octanol–water partition coefficient (Wildman–Crippen LogP) is 4.31. The van der Waals surface area contributed by atoms with Crippen molar-refractivity contribution in [2.45, 2.75) is 36.2 Å². The van der Waals surface area contributed by atoms with Crippen LogP contribution in [0.2, 0.25) is 0 Å². The molecule has 2 aliphatic rings. The van der Waals surface area contributed by atoms with E-state index in [2.05, 4.69) is 53.4 Å². The lowest BCUT2D eigenvalue weighted by molar-refractivity contribution is 0.630. The summed E-state index contributed by atoms with van der Waals surface area (Å²) >= 11 is 2.17. The van der Waals surface area contributed by atoms with Crippen molar-refractivity contribution in [2.75, 3.05) is 0 Å². The van der Waals surface area contributed by atoms with Crippen molar-refractivity contribution < 1.29 is 0 Å². The lowest BCUT2D eigenvalue weighted by atomic mass is 9.95. The first-order chi connectivity index (χ1) is 9.88. The van der Waals surface area contributed by atoms with E-state index < -0.39 is 0 Å². The maximum Gasteiger partial charge on any atom is 0.0645 e. The number of para-hydroxylation sites is 1. The molecule has 0 radical (unpaired) electrons. The van der Waals surface area contributed by atoms with Gasteiger partial charge in [-0.3, -0.25) is 0 Å². The molecule has 20 heavy (non-hydrogen) atoms. The molecular weight excluding hydrogens is 264 g/mol. The normalized spacial score (nSPS) is 25.3. The summed E-state index contributed by atoms with van der Waals surface area (Å²) in [5.41, 5.74) is 3.93. The Morgan fingerprint density at radius 2 is 2.05 bits per heavy atom. The molecular formula is C17H18N2S. The molecule has 1 saturated heterocycles. The summed E-state index contributed by atoms with van der Waals surface area (Å²) in [6.45, 7) is 0. The fraction of sp³-hybridized carbons (Fsp3) is 0.353. The lowest BCUT2D eigenvalue weighted by Crippen LogP contribution is -2.21. The van der Waals surface area contributed by atoms with Gasteiger partial charge in [0.05, 0.1) is 11.9 Å². The second-order valence-corrected chi connectivity index (χ2v) is 7.18. The van der Waals surface area contributed by atoms with Crippen LogP contribution in [-0.4, -0.2) is 20.3 Å². The van der Waals surface area contributed by atoms with E-state index in [0.29, 0.717) is 0 Å². The highest BCUT2D eigenvalue weighted by Gasteiger charge is 2.27. The number of benzene rings is 1. The molecule has 3 heteroatoms. The number of hydrogen-bond donors (Lipinski definition) is 0. The first-order valence-electron chi connectivity index (χ1n) is 7.35. The minimum absolute atomic E-state index is 0.734. The topological polar surface area (TPSA) is 17.8 Å². The predicted molar refractivity (Wildman–Crippen MR) is 85.2 cm³/mol. The van der Waals surface area contributed by atoms with Gasteiger partial charge in [0.1, 0.15) is 0 Å². The van der Waals surface area contributed by atoms with Crippen LogP contribution in [0, 0.1) is 0 Å². The first-order valence-corrected chi connectivity index (χ1v) is 8.29. The molecule has 1 aromatic heterocycles. The molecule has 2 bridgehead atoms. The summed E-state index contributed by atoms with van der Waals surface area (Å²) in [5, 5.41) is 6.09. The molecule has 0 spiro atoms. The van der Waals surface area contributed by atoms with E-state index in [4.69, 9.17) is 0 Å². The zero-order valence-corrected chi connectivity index (χ0v) is 12.2. The van der Waals surface area contributed by atoms with E-state index in [-0.39, 0.29) is 0 Å². The van der Waals surface area contributed by atoms with Crippen molar-refractivity contribution >= 4 is 17.3 Å². The Morgan fingerprint density at radius 1 is 1.15 bits per heavy atom. The number of aromatic nitrogens is 2. The third-order valence-corrected chi connectivity index (χ3v) is 5.70. The molecule has 3 heterocycles. The molecule has 2 nitrogen and oxygen atoms in total. The molecule has 0 saturated carbocycles. The highest BCUT2D eigenvalue weighted by Crippen LogP contribution is 2.43. The van der Waals surface area contributed by atoms with E-state index in [9.17, 15) is 0 Å². The van der Waals surface area contributed by atoms with Gasteiger partial charge in [-0.05, 0) is 37.0 Å². The summed E-state index contributed by atoms with van der Waals surface area (Å²) in [7, 11) is 0. The van der Waals surface area contributed by atoms with Gasteiger partial charge in [-0.25, -0.2) is 4.68 Å². The lowest BCUT2D eigenvalue weighted by Gasteiger charge is -2.32. The number of thioether (sulfide) groups is 1. The van der Waals surface area contributed by atoms with Gasteiger partial charge in [-0.2, -0.15) is 16.9 Å². The zero-order valence-electron chi connectivity index (χ0n) is 11.4. The van der Waals surface area contributed by atoms with Crippen LogP contribution in [0.3, 0.4) is 0 Å². The fourth-order valence-corrected chi connectivity index (χ4v) is 4.78. The van der Waals surface area contributed by atoms with E-state index in [1.807, 2.05) is 16.9 Å². The fourth-order valence-electron chi connectivity index (χ4n) is 3.17. The van der Waals surface area contributed by atoms with Crippen LogP contribution in [0.1, 0.15) is 31.2 Å². The number of rotatable bonds is 2. The van der Waals surface area contributed by atoms with E-state index in [0.717, 1.165) is 16.2 Å². The Morgan fingerprint density at radius 3 is 2.90 bits per heavy atom. The standard InChI is InChI=1S/C17H18N2S/c1-2-5-15(6-3-1)19-12-14(11-18-19)13-9-16-7-4-8-17(10-13)20-16/h1-3,5-6,9,11-12,16-17H,4,7-8,10H2. The smallest absolute Gasteiger partial charge is 0.0645 e. The molecule has 2 aromatic rings. The van der Waals surface area contributed by atoms with Gasteiger partial charge in [0, 0.05) is 22.3 Å². The molecule has 2 aliphatic heterocycles. The third-order valence-electron chi connectivity index (χ3n) is 4.19. The molecule has 2 atom stereocenters. The molecule has 1 fully saturated rings. The van der Waals surface area contributed by atoms with Gasteiger partial charge in [0.15, 0.2) is 0 Å². The summed E-state index contributed by atoms with van der Waals surface area (Å²) in [4.78, 5) is 0. The molecule has 2 unspecified atom stereocenters. The van der Waals surface area contributed by atoms with Crippen molar-refractivity contribution in [2.24, 2.45) is 0 Å². The maximum atomic E-state index is 4.52. The number of fused-ring (bicyclic) bond motifs is 2. The molecule has 0 N–H and O–H groups in total. The Kier molecular flexibility index (Phi) is 3.15. The van der Waals surface area contributed by atoms with E-state index in [1.54, 1.807) is 0 Å². The van der Waals surface area contributed by atoms with Crippen molar-refractivity contribution in [3.8, 4) is 5.69 Å². The van der Waals surface area contributed by atoms with Crippen molar-refractivity contribution in [1.82, 2.24) is 9.78 Å². The molecule has 1 aromatic carbocycles. The van der Waals surface area contributed by atoms with Crippen LogP contribution >= 0.6 is 11.8 Å². The van der Waals surface area contributed by atoms with Gasteiger partial charge >= 0.3 is 0 Å². The van der Waals surface area contributed by atoms with Crippen LogP contribution in [0.4, 0.5) is 0 Å². The quantitative estimate of drug-likeness (QED) is 0.816. The Hall–Kier alpha value is -1.48. The minimum atomic E-state index is 0.734. The zero-order chi connectivity index (χ0) is 13.4. The molecule has 102 valence electrons. The number of allylic oxidation sites excluding steroid dienone is 1. The summed E-state index contributed by atoms with van der Waals surface area (Å²) < 4.78 is 1.98. The van der Waals surface area contributed by atoms with Gasteiger partial charge in [0.2, 0.25) is 0 Å². The first kappa shape index (κ1) is 12.3. The summed E-state index contributed by atoms with van der Waals surface area (Å²) in [6.07, 6.45) is 12.0. The van der Waals surface area contributed by atoms with Crippen LogP contribution in [0.15, 0.2) is 48.8 Å². The molecule has 0 amide bonds. The largest absolute Gasteiger partial charge is 0.240 e.